The summed E-state index contributed by atoms with van der Waals surface area (Å²) in [5.74, 6) is 1.47. The third kappa shape index (κ3) is 6.09. The molecule has 2 heterocycles. The molecule has 3 aromatic rings. The number of amides is 1. The summed E-state index contributed by atoms with van der Waals surface area (Å²) in [5, 5.41) is 0. The summed E-state index contributed by atoms with van der Waals surface area (Å²) in [6, 6.07) is 14.4. The molecule has 39 heavy (non-hydrogen) atoms. The van der Waals surface area contributed by atoms with E-state index in [0.29, 0.717) is 24.6 Å². The highest BCUT2D eigenvalue weighted by atomic mass is 16.5. The summed E-state index contributed by atoms with van der Waals surface area (Å²) < 4.78 is 13.1. The Labute approximate surface area is 233 Å². The Morgan fingerprint density at radius 1 is 0.949 bits per heavy atom. The molecule has 1 aromatic heterocycles. The molecule has 1 aliphatic heterocycles. The van der Waals surface area contributed by atoms with Crippen LogP contribution in [0.1, 0.15) is 45.4 Å². The second-order valence-corrected chi connectivity index (χ2v) is 10.5. The number of nitrogens with zero attached hydrogens (tertiary/aromatic N) is 4. The summed E-state index contributed by atoms with van der Waals surface area (Å²) in [7, 11) is 5.19. The molecule has 0 atom stereocenters. The average molecular weight is 533 g/mol. The summed E-state index contributed by atoms with van der Waals surface area (Å²) >= 11 is 0. The Kier molecular flexibility index (Phi) is 9.23. The predicted octanol–water partition coefficient (Wildman–Crippen LogP) is 4.94. The van der Waals surface area contributed by atoms with Crippen LogP contribution < -0.4 is 14.4 Å². The van der Waals surface area contributed by atoms with Crippen LogP contribution in [0.15, 0.2) is 42.5 Å². The number of anilines is 1. The molecule has 0 unspecified atom stereocenters. The number of piperazine rings is 1. The van der Waals surface area contributed by atoms with Gasteiger partial charge in [-0.1, -0.05) is 37.3 Å². The summed E-state index contributed by atoms with van der Waals surface area (Å²) in [6.45, 7) is 15.1. The molecule has 1 amide bonds. The van der Waals surface area contributed by atoms with Crippen molar-refractivity contribution in [1.29, 1.82) is 0 Å². The standard InChI is InChI=1S/C32H44N4O3/c1-8-34-17-19-35(20-18-34)30-24(3)31(36(25(30)4)22-27-12-10-9-11-23(27)2)32(37)33(5)16-15-26-13-14-28(38-6)29(21-26)39-7/h9-14,21H,8,15-20,22H2,1-7H3. The molecule has 4 rings (SSSR count). The minimum atomic E-state index is 0.0584. The van der Waals surface area contributed by atoms with Gasteiger partial charge < -0.3 is 28.7 Å². The van der Waals surface area contributed by atoms with Crippen molar-refractivity contribution in [3.05, 3.63) is 76.1 Å². The molecule has 0 saturated carbocycles. The van der Waals surface area contributed by atoms with Crippen LogP contribution in [0.4, 0.5) is 5.69 Å². The molecule has 7 nitrogen and oxygen atoms in total. The van der Waals surface area contributed by atoms with Crippen molar-refractivity contribution in [3.8, 4) is 11.5 Å². The number of methoxy groups -OCH3 is 2. The first-order valence-electron chi connectivity index (χ1n) is 14.0. The number of rotatable bonds is 10. The van der Waals surface area contributed by atoms with Gasteiger partial charge in [0, 0.05) is 57.6 Å². The van der Waals surface area contributed by atoms with E-state index in [4.69, 9.17) is 9.47 Å². The fourth-order valence-corrected chi connectivity index (χ4v) is 5.68. The molecule has 1 aliphatic rings. The molecule has 1 fully saturated rings. The van der Waals surface area contributed by atoms with Crippen LogP contribution in [0.25, 0.3) is 0 Å². The van der Waals surface area contributed by atoms with Crippen LogP contribution in [0.3, 0.4) is 0 Å². The lowest BCUT2D eigenvalue weighted by molar-refractivity contribution is 0.0785. The van der Waals surface area contributed by atoms with Gasteiger partial charge in [0.05, 0.1) is 19.9 Å². The van der Waals surface area contributed by atoms with Crippen molar-refractivity contribution in [2.45, 2.75) is 40.7 Å². The van der Waals surface area contributed by atoms with Gasteiger partial charge in [-0.2, -0.15) is 0 Å². The van der Waals surface area contributed by atoms with Gasteiger partial charge in [-0.25, -0.2) is 0 Å². The fourth-order valence-electron chi connectivity index (χ4n) is 5.68. The molecule has 0 bridgehead atoms. The highest BCUT2D eigenvalue weighted by Gasteiger charge is 2.29. The lowest BCUT2D eigenvalue weighted by atomic mass is 10.1. The van der Waals surface area contributed by atoms with Crippen molar-refractivity contribution < 1.29 is 14.3 Å². The number of benzene rings is 2. The number of aromatic nitrogens is 1. The van der Waals surface area contributed by atoms with E-state index in [0.717, 1.165) is 61.7 Å². The van der Waals surface area contributed by atoms with Gasteiger partial charge in [0.1, 0.15) is 5.69 Å². The van der Waals surface area contributed by atoms with Crippen molar-refractivity contribution in [2.75, 3.05) is 65.4 Å². The van der Waals surface area contributed by atoms with Crippen LogP contribution >= 0.6 is 0 Å². The number of hydrogen-bond donors (Lipinski definition) is 0. The molecule has 0 spiro atoms. The Morgan fingerprint density at radius 2 is 1.64 bits per heavy atom. The van der Waals surface area contributed by atoms with Crippen molar-refractivity contribution in [1.82, 2.24) is 14.4 Å². The maximum atomic E-state index is 14.1. The van der Waals surface area contributed by atoms with Gasteiger partial charge in [-0.05, 0) is 62.6 Å². The third-order valence-electron chi connectivity index (χ3n) is 8.19. The minimum absolute atomic E-state index is 0.0584. The molecule has 210 valence electrons. The van der Waals surface area contributed by atoms with Crippen LogP contribution in [0.2, 0.25) is 0 Å². The topological polar surface area (TPSA) is 50.2 Å². The Morgan fingerprint density at radius 3 is 2.28 bits per heavy atom. The zero-order valence-electron chi connectivity index (χ0n) is 24.7. The van der Waals surface area contributed by atoms with Crippen LogP contribution in [-0.4, -0.2) is 80.8 Å². The zero-order chi connectivity index (χ0) is 28.1. The van der Waals surface area contributed by atoms with Gasteiger partial charge >= 0.3 is 0 Å². The number of carbonyl (C=O) groups excluding carboxylic acids is 1. The van der Waals surface area contributed by atoms with E-state index < -0.39 is 0 Å². The second kappa shape index (κ2) is 12.6. The van der Waals surface area contributed by atoms with E-state index in [1.165, 1.54) is 16.8 Å². The maximum Gasteiger partial charge on any atom is 0.270 e. The number of ether oxygens (including phenoxy) is 2. The summed E-state index contributed by atoms with van der Waals surface area (Å²) in [6.07, 6.45) is 0.727. The number of likely N-dealkylation sites (N-methyl/N-ethyl adjacent to an activating group) is 2. The van der Waals surface area contributed by atoms with E-state index >= 15 is 0 Å². The van der Waals surface area contributed by atoms with E-state index in [1.807, 2.05) is 30.1 Å². The Bertz CT molecular complexity index is 1290. The highest BCUT2D eigenvalue weighted by molar-refractivity contribution is 5.96. The van der Waals surface area contributed by atoms with E-state index in [2.05, 4.69) is 66.3 Å². The van der Waals surface area contributed by atoms with Gasteiger partial charge in [-0.15, -0.1) is 0 Å². The van der Waals surface area contributed by atoms with Gasteiger partial charge in [0.15, 0.2) is 11.5 Å². The summed E-state index contributed by atoms with van der Waals surface area (Å²) in [5.41, 5.74) is 7.83. The molecule has 0 N–H and O–H groups in total. The first-order valence-corrected chi connectivity index (χ1v) is 14.0. The number of hydrogen-bond acceptors (Lipinski definition) is 5. The second-order valence-electron chi connectivity index (χ2n) is 10.5. The van der Waals surface area contributed by atoms with Crippen molar-refractivity contribution >= 4 is 11.6 Å². The third-order valence-corrected chi connectivity index (χ3v) is 8.19. The fraction of sp³-hybridized carbons (Fsp3) is 0.469. The minimum Gasteiger partial charge on any atom is -0.493 e. The predicted molar refractivity (Wildman–Crippen MR) is 159 cm³/mol. The van der Waals surface area contributed by atoms with Crippen LogP contribution in [0, 0.1) is 20.8 Å². The number of aryl methyl sites for hydroxylation is 1. The molecule has 0 radical (unpaired) electrons. The zero-order valence-corrected chi connectivity index (χ0v) is 24.7. The molecule has 2 aromatic carbocycles. The molecular weight excluding hydrogens is 488 g/mol. The largest absolute Gasteiger partial charge is 0.493 e. The number of carbonyl (C=O) groups is 1. The quantitative estimate of drug-likeness (QED) is 0.370. The molecular formula is C32H44N4O3. The molecule has 1 saturated heterocycles. The molecule has 7 heteroatoms. The van der Waals surface area contributed by atoms with Gasteiger partial charge in [-0.3, -0.25) is 4.79 Å². The lowest BCUT2D eigenvalue weighted by Gasteiger charge is -2.36. The average Bonchev–Trinajstić information content (AvgIpc) is 3.20. The highest BCUT2D eigenvalue weighted by Crippen LogP contribution is 2.33. The maximum absolute atomic E-state index is 14.1. The van der Waals surface area contributed by atoms with E-state index in [9.17, 15) is 4.79 Å². The first kappa shape index (κ1) is 28.6. The smallest absolute Gasteiger partial charge is 0.270 e. The van der Waals surface area contributed by atoms with Crippen molar-refractivity contribution in [2.24, 2.45) is 0 Å². The SMILES string of the molecule is CCN1CCN(c2c(C)c(C(=O)N(C)CCc3ccc(OC)c(OC)c3)n(Cc3ccccc3C)c2C)CC1. The summed E-state index contributed by atoms with van der Waals surface area (Å²) in [4.78, 5) is 20.9. The van der Waals surface area contributed by atoms with Gasteiger partial charge in [0.2, 0.25) is 0 Å². The van der Waals surface area contributed by atoms with Gasteiger partial charge in [0.25, 0.3) is 5.91 Å². The van der Waals surface area contributed by atoms with E-state index in [1.54, 1.807) is 14.2 Å². The van der Waals surface area contributed by atoms with E-state index in [-0.39, 0.29) is 5.91 Å². The first-order chi connectivity index (χ1) is 18.8. The van der Waals surface area contributed by atoms with Crippen LogP contribution in [0.5, 0.6) is 11.5 Å². The lowest BCUT2D eigenvalue weighted by Crippen LogP contribution is -2.46. The Balaban J connectivity index is 1.63. The monoisotopic (exact) mass is 532 g/mol. The Hall–Kier alpha value is -3.45. The van der Waals surface area contributed by atoms with Crippen LogP contribution in [-0.2, 0) is 13.0 Å². The van der Waals surface area contributed by atoms with Crippen molar-refractivity contribution in [3.63, 3.8) is 0 Å². The normalized spacial score (nSPS) is 14.0. The molecule has 0 aliphatic carbocycles.